The van der Waals surface area contributed by atoms with E-state index >= 15 is 0 Å². The van der Waals surface area contributed by atoms with Crippen LogP contribution in [0.25, 0.3) is 0 Å². The van der Waals surface area contributed by atoms with E-state index in [0.29, 0.717) is 30.7 Å². The molecule has 0 aliphatic carbocycles. The van der Waals surface area contributed by atoms with Crippen LogP contribution in [0.2, 0.25) is 0 Å². The van der Waals surface area contributed by atoms with Crippen LogP contribution in [0, 0.1) is 0 Å². The van der Waals surface area contributed by atoms with E-state index in [1.54, 1.807) is 4.90 Å². The van der Waals surface area contributed by atoms with E-state index in [4.69, 9.17) is 4.42 Å². The van der Waals surface area contributed by atoms with Gasteiger partial charge in [0.2, 0.25) is 0 Å². The van der Waals surface area contributed by atoms with E-state index in [9.17, 15) is 14.4 Å². The summed E-state index contributed by atoms with van der Waals surface area (Å²) >= 11 is 0. The molecule has 1 amide bonds. The SMILES string of the molecule is CCCCN(CCC)C(=O)n1c(=O)nc(N(CCC)CCCC)oc1=O. The Morgan fingerprint density at radius 1 is 0.923 bits per heavy atom. The number of anilines is 1. The summed E-state index contributed by atoms with van der Waals surface area (Å²) in [5, 5.41) is 0. The fourth-order valence-corrected chi connectivity index (χ4v) is 2.64. The fraction of sp³-hybridized carbons (Fsp3) is 0.778. The maximum atomic E-state index is 12.6. The van der Waals surface area contributed by atoms with Gasteiger partial charge in [0, 0.05) is 26.2 Å². The molecule has 0 fully saturated rings. The minimum Gasteiger partial charge on any atom is -0.375 e. The zero-order valence-corrected chi connectivity index (χ0v) is 16.5. The van der Waals surface area contributed by atoms with Crippen LogP contribution >= 0.6 is 0 Å². The quantitative estimate of drug-likeness (QED) is 0.597. The van der Waals surface area contributed by atoms with E-state index in [2.05, 4.69) is 11.9 Å². The average Bonchev–Trinajstić information content (AvgIpc) is 2.61. The molecular weight excluding hydrogens is 336 g/mol. The van der Waals surface area contributed by atoms with Crippen LogP contribution in [-0.2, 0) is 0 Å². The molecule has 0 bridgehead atoms. The highest BCUT2D eigenvalue weighted by Crippen LogP contribution is 2.08. The number of unbranched alkanes of at least 4 members (excludes halogenated alkanes) is 2. The van der Waals surface area contributed by atoms with Crippen LogP contribution in [0.1, 0.15) is 66.2 Å². The molecule has 8 nitrogen and oxygen atoms in total. The van der Waals surface area contributed by atoms with Crippen molar-refractivity contribution < 1.29 is 9.21 Å². The first-order valence-electron chi connectivity index (χ1n) is 9.68. The lowest BCUT2D eigenvalue weighted by Crippen LogP contribution is -2.48. The van der Waals surface area contributed by atoms with E-state index < -0.39 is 17.5 Å². The van der Waals surface area contributed by atoms with Gasteiger partial charge in [-0.2, -0.15) is 0 Å². The van der Waals surface area contributed by atoms with E-state index in [1.165, 1.54) is 4.90 Å². The molecule has 1 heterocycles. The first kappa shape index (κ1) is 21.9. The molecule has 0 saturated carbocycles. The Morgan fingerprint density at radius 2 is 1.54 bits per heavy atom. The smallest absolute Gasteiger partial charge is 0.375 e. The van der Waals surface area contributed by atoms with Gasteiger partial charge in [0.15, 0.2) is 0 Å². The van der Waals surface area contributed by atoms with Gasteiger partial charge in [-0.15, -0.1) is 9.55 Å². The Bertz CT molecular complexity index is 637. The summed E-state index contributed by atoms with van der Waals surface area (Å²) in [6.45, 7) is 10.3. The van der Waals surface area contributed by atoms with Crippen LogP contribution in [0.5, 0.6) is 0 Å². The molecule has 148 valence electrons. The predicted molar refractivity (Wildman–Crippen MR) is 102 cm³/mol. The van der Waals surface area contributed by atoms with Gasteiger partial charge in [-0.25, -0.2) is 14.4 Å². The lowest BCUT2D eigenvalue weighted by molar-refractivity contribution is 0.192. The second kappa shape index (κ2) is 11.5. The minimum absolute atomic E-state index is 0.00468. The van der Waals surface area contributed by atoms with Crippen molar-refractivity contribution >= 4 is 12.0 Å². The van der Waals surface area contributed by atoms with Crippen molar-refractivity contribution in [1.82, 2.24) is 14.5 Å². The third-order valence-electron chi connectivity index (χ3n) is 4.03. The molecule has 26 heavy (non-hydrogen) atoms. The van der Waals surface area contributed by atoms with Crippen molar-refractivity contribution in [3.05, 3.63) is 21.0 Å². The second-order valence-corrected chi connectivity index (χ2v) is 6.34. The molecule has 0 spiro atoms. The molecule has 0 atom stereocenters. The van der Waals surface area contributed by atoms with Gasteiger partial charge in [-0.05, 0) is 25.7 Å². The number of amides is 1. The fourth-order valence-electron chi connectivity index (χ4n) is 2.64. The number of nitrogens with zero attached hydrogens (tertiary/aromatic N) is 4. The molecule has 0 N–H and O–H groups in total. The van der Waals surface area contributed by atoms with Crippen molar-refractivity contribution in [1.29, 1.82) is 0 Å². The van der Waals surface area contributed by atoms with Crippen LogP contribution in [0.15, 0.2) is 14.0 Å². The van der Waals surface area contributed by atoms with Crippen molar-refractivity contribution in [2.75, 3.05) is 31.1 Å². The number of carbonyl (C=O) groups excluding carboxylic acids is 1. The highest BCUT2D eigenvalue weighted by atomic mass is 16.4. The van der Waals surface area contributed by atoms with Crippen LogP contribution in [0.4, 0.5) is 10.8 Å². The molecule has 0 aromatic carbocycles. The lowest BCUT2D eigenvalue weighted by atomic mass is 10.3. The van der Waals surface area contributed by atoms with Crippen molar-refractivity contribution in [2.45, 2.75) is 66.2 Å². The number of aromatic nitrogens is 2. The molecular formula is C18H32N4O4. The monoisotopic (exact) mass is 368 g/mol. The van der Waals surface area contributed by atoms with Gasteiger partial charge in [0.25, 0.3) is 0 Å². The summed E-state index contributed by atoms with van der Waals surface area (Å²) in [4.78, 5) is 44.5. The largest absolute Gasteiger partial charge is 0.434 e. The first-order valence-corrected chi connectivity index (χ1v) is 9.68. The molecule has 0 aliphatic rings. The van der Waals surface area contributed by atoms with Gasteiger partial charge in [-0.3, -0.25) is 0 Å². The molecule has 1 aromatic rings. The highest BCUT2D eigenvalue weighted by Gasteiger charge is 2.22. The number of carbonyl (C=O) groups is 1. The molecule has 0 saturated heterocycles. The molecule has 0 radical (unpaired) electrons. The van der Waals surface area contributed by atoms with Crippen molar-refractivity contribution in [3.8, 4) is 0 Å². The van der Waals surface area contributed by atoms with Gasteiger partial charge < -0.3 is 14.2 Å². The molecule has 8 heteroatoms. The van der Waals surface area contributed by atoms with Crippen molar-refractivity contribution in [2.24, 2.45) is 0 Å². The summed E-state index contributed by atoms with van der Waals surface area (Å²) in [6, 6.07) is -0.663. The summed E-state index contributed by atoms with van der Waals surface area (Å²) in [6.07, 6.45) is 5.16. The van der Waals surface area contributed by atoms with Crippen molar-refractivity contribution in [3.63, 3.8) is 0 Å². The average molecular weight is 368 g/mol. The van der Waals surface area contributed by atoms with Crippen LogP contribution in [-0.4, -0.2) is 46.7 Å². The maximum Gasteiger partial charge on any atom is 0.434 e. The van der Waals surface area contributed by atoms with Gasteiger partial charge in [0.05, 0.1) is 0 Å². The predicted octanol–water partition coefficient (Wildman–Crippen LogP) is 2.69. The van der Waals surface area contributed by atoms with Crippen LogP contribution < -0.4 is 16.3 Å². The number of hydrogen-bond donors (Lipinski definition) is 0. The highest BCUT2D eigenvalue weighted by molar-refractivity contribution is 5.76. The summed E-state index contributed by atoms with van der Waals surface area (Å²) < 4.78 is 5.73. The Balaban J connectivity index is 3.16. The summed E-state index contributed by atoms with van der Waals surface area (Å²) in [5.41, 5.74) is -0.878. The first-order chi connectivity index (χ1) is 12.5. The second-order valence-electron chi connectivity index (χ2n) is 6.34. The maximum absolute atomic E-state index is 12.6. The zero-order valence-electron chi connectivity index (χ0n) is 16.5. The third kappa shape index (κ3) is 6.00. The Kier molecular flexibility index (Phi) is 9.69. The lowest BCUT2D eigenvalue weighted by Gasteiger charge is -2.23. The van der Waals surface area contributed by atoms with Gasteiger partial charge in [-0.1, -0.05) is 40.5 Å². The summed E-state index contributed by atoms with van der Waals surface area (Å²) in [5.74, 6) is -0.972. The van der Waals surface area contributed by atoms with Crippen LogP contribution in [0.3, 0.4) is 0 Å². The molecule has 0 aliphatic heterocycles. The number of hydrogen-bond acceptors (Lipinski definition) is 6. The van der Waals surface area contributed by atoms with Gasteiger partial charge >= 0.3 is 23.5 Å². The molecule has 1 aromatic heterocycles. The number of rotatable bonds is 11. The molecule has 0 unspecified atom stereocenters. The van der Waals surface area contributed by atoms with E-state index in [-0.39, 0.29) is 6.01 Å². The molecule has 1 rings (SSSR count). The standard InChI is InChI=1S/C18H32N4O4/c1-5-9-13-20(11-7-3)16-19-15(23)22(18(25)26-16)17(24)21(12-8-4)14-10-6-2/h5-14H2,1-4H3. The normalized spacial score (nSPS) is 10.8. The van der Waals surface area contributed by atoms with E-state index in [1.807, 2.05) is 20.8 Å². The minimum atomic E-state index is -0.972. The Labute approximate surface area is 154 Å². The topological polar surface area (TPSA) is 88.7 Å². The Hall–Kier alpha value is -2.12. The third-order valence-corrected chi connectivity index (χ3v) is 4.03. The Morgan fingerprint density at radius 3 is 2.08 bits per heavy atom. The summed E-state index contributed by atoms with van der Waals surface area (Å²) in [7, 11) is 0. The zero-order chi connectivity index (χ0) is 19.5. The van der Waals surface area contributed by atoms with E-state index in [0.717, 1.165) is 38.5 Å². The van der Waals surface area contributed by atoms with Gasteiger partial charge in [0.1, 0.15) is 0 Å².